The Morgan fingerprint density at radius 2 is 1.82 bits per heavy atom. The molecule has 0 saturated heterocycles. The predicted octanol–water partition coefficient (Wildman–Crippen LogP) is 3.04. The molecule has 4 nitrogen and oxygen atoms in total. The first-order valence-corrected chi connectivity index (χ1v) is 7.35. The van der Waals surface area contributed by atoms with Crippen LogP contribution in [0.1, 0.15) is 21.5 Å². The summed E-state index contributed by atoms with van der Waals surface area (Å²) >= 11 is 0. The van der Waals surface area contributed by atoms with Crippen molar-refractivity contribution in [3.63, 3.8) is 0 Å². The Balaban J connectivity index is 1.75. The molecule has 0 N–H and O–H groups in total. The lowest BCUT2D eigenvalue weighted by Crippen LogP contribution is -2.27. The van der Waals surface area contributed by atoms with Crippen LogP contribution >= 0.6 is 0 Å². The number of carbonyl (C=O) groups is 1. The highest BCUT2D eigenvalue weighted by atomic mass is 16.6. The molecule has 0 aliphatic carbocycles. The number of hydrogen-bond acceptors (Lipinski definition) is 3. The smallest absolute Gasteiger partial charge is 0.254 e. The zero-order valence-corrected chi connectivity index (χ0v) is 12.8. The molecule has 4 heteroatoms. The van der Waals surface area contributed by atoms with Gasteiger partial charge in [-0.3, -0.25) is 4.79 Å². The molecule has 114 valence electrons. The molecule has 22 heavy (non-hydrogen) atoms. The maximum Gasteiger partial charge on any atom is 0.254 e. The van der Waals surface area contributed by atoms with Crippen LogP contribution in [-0.4, -0.2) is 31.1 Å². The molecule has 0 spiro atoms. The Morgan fingerprint density at radius 1 is 1.09 bits per heavy atom. The number of benzene rings is 2. The van der Waals surface area contributed by atoms with Gasteiger partial charge in [0.15, 0.2) is 11.5 Å². The number of nitrogens with zero attached hydrogens (tertiary/aromatic N) is 1. The highest BCUT2D eigenvalue weighted by molar-refractivity contribution is 5.95. The summed E-state index contributed by atoms with van der Waals surface area (Å²) in [7, 11) is 1.81. The van der Waals surface area contributed by atoms with E-state index in [9.17, 15) is 4.79 Å². The van der Waals surface area contributed by atoms with E-state index in [1.807, 2.05) is 56.4 Å². The van der Waals surface area contributed by atoms with Gasteiger partial charge in [-0.2, -0.15) is 0 Å². The van der Waals surface area contributed by atoms with Crippen LogP contribution in [0.2, 0.25) is 0 Å². The summed E-state index contributed by atoms with van der Waals surface area (Å²) in [6.45, 7) is 3.63. The van der Waals surface area contributed by atoms with E-state index in [1.54, 1.807) is 4.90 Å². The van der Waals surface area contributed by atoms with Gasteiger partial charge in [0.1, 0.15) is 13.2 Å². The van der Waals surface area contributed by atoms with Crippen molar-refractivity contribution in [3.05, 3.63) is 59.2 Å². The molecule has 1 amide bonds. The lowest BCUT2D eigenvalue weighted by Gasteiger charge is -2.21. The van der Waals surface area contributed by atoms with Gasteiger partial charge in [-0.05, 0) is 36.2 Å². The van der Waals surface area contributed by atoms with E-state index >= 15 is 0 Å². The van der Waals surface area contributed by atoms with Crippen LogP contribution in [0.25, 0.3) is 0 Å². The predicted molar refractivity (Wildman–Crippen MR) is 84.4 cm³/mol. The number of ether oxygens (including phenoxy) is 2. The van der Waals surface area contributed by atoms with Crippen LogP contribution < -0.4 is 9.47 Å². The molecule has 0 fully saturated rings. The number of aryl methyl sites for hydroxylation is 1. The number of fused-ring (bicyclic) bond motifs is 1. The minimum atomic E-state index is 0.0213. The third-order valence-electron chi connectivity index (χ3n) is 3.75. The summed E-state index contributed by atoms with van der Waals surface area (Å²) in [4.78, 5) is 14.2. The standard InChI is InChI=1S/C18H19NO3/c1-13-5-3-4-6-15(13)18(20)19(2)12-14-7-8-16-17(11-14)22-10-9-21-16/h3-8,11H,9-10,12H2,1-2H3. The Labute approximate surface area is 130 Å². The number of amides is 1. The van der Waals surface area contributed by atoms with Crippen LogP contribution in [-0.2, 0) is 6.54 Å². The van der Waals surface area contributed by atoms with Crippen molar-refractivity contribution in [2.24, 2.45) is 0 Å². The maximum absolute atomic E-state index is 12.5. The maximum atomic E-state index is 12.5. The SMILES string of the molecule is Cc1ccccc1C(=O)N(C)Cc1ccc2c(c1)OCCO2. The monoisotopic (exact) mass is 297 g/mol. The number of rotatable bonds is 3. The van der Waals surface area contributed by atoms with Crippen molar-refractivity contribution in [1.82, 2.24) is 4.90 Å². The van der Waals surface area contributed by atoms with Crippen LogP contribution in [0.4, 0.5) is 0 Å². The Hall–Kier alpha value is -2.49. The van der Waals surface area contributed by atoms with Crippen molar-refractivity contribution in [2.75, 3.05) is 20.3 Å². The van der Waals surface area contributed by atoms with Crippen molar-refractivity contribution in [1.29, 1.82) is 0 Å². The van der Waals surface area contributed by atoms with Crippen LogP contribution in [0, 0.1) is 6.92 Å². The second-order valence-electron chi connectivity index (χ2n) is 5.45. The van der Waals surface area contributed by atoms with Crippen molar-refractivity contribution >= 4 is 5.91 Å². The number of hydrogen-bond donors (Lipinski definition) is 0. The van der Waals surface area contributed by atoms with Gasteiger partial charge in [-0.1, -0.05) is 24.3 Å². The largest absolute Gasteiger partial charge is 0.486 e. The fraction of sp³-hybridized carbons (Fsp3) is 0.278. The van der Waals surface area contributed by atoms with E-state index < -0.39 is 0 Å². The van der Waals surface area contributed by atoms with Gasteiger partial charge >= 0.3 is 0 Å². The van der Waals surface area contributed by atoms with Gasteiger partial charge in [-0.25, -0.2) is 0 Å². The zero-order chi connectivity index (χ0) is 15.5. The van der Waals surface area contributed by atoms with Gasteiger partial charge in [0, 0.05) is 19.2 Å². The summed E-state index contributed by atoms with van der Waals surface area (Å²) < 4.78 is 11.1. The van der Waals surface area contributed by atoms with Crippen molar-refractivity contribution in [3.8, 4) is 11.5 Å². The topological polar surface area (TPSA) is 38.8 Å². The molecule has 0 saturated carbocycles. The second-order valence-corrected chi connectivity index (χ2v) is 5.45. The molecule has 2 aromatic rings. The molecule has 0 unspecified atom stereocenters. The summed E-state index contributed by atoms with van der Waals surface area (Å²) in [5, 5.41) is 0. The third-order valence-corrected chi connectivity index (χ3v) is 3.75. The first-order chi connectivity index (χ1) is 10.6. The van der Waals surface area contributed by atoms with E-state index in [2.05, 4.69) is 0 Å². The first-order valence-electron chi connectivity index (χ1n) is 7.35. The molecular weight excluding hydrogens is 278 g/mol. The Morgan fingerprint density at radius 3 is 2.59 bits per heavy atom. The molecule has 1 aliphatic heterocycles. The molecular formula is C18H19NO3. The average molecular weight is 297 g/mol. The van der Waals surface area contributed by atoms with Gasteiger partial charge in [0.05, 0.1) is 0 Å². The summed E-state index contributed by atoms with van der Waals surface area (Å²) in [5.41, 5.74) is 2.75. The molecule has 0 radical (unpaired) electrons. The summed E-state index contributed by atoms with van der Waals surface area (Å²) in [5.74, 6) is 1.54. The molecule has 0 atom stereocenters. The minimum absolute atomic E-state index is 0.0213. The molecule has 0 aromatic heterocycles. The highest BCUT2D eigenvalue weighted by Gasteiger charge is 2.16. The van der Waals surface area contributed by atoms with Crippen molar-refractivity contribution in [2.45, 2.75) is 13.5 Å². The highest BCUT2D eigenvalue weighted by Crippen LogP contribution is 2.31. The molecule has 0 bridgehead atoms. The van der Waals surface area contributed by atoms with E-state index in [0.717, 1.165) is 28.2 Å². The lowest BCUT2D eigenvalue weighted by atomic mass is 10.1. The summed E-state index contributed by atoms with van der Waals surface area (Å²) in [6.07, 6.45) is 0. The van der Waals surface area contributed by atoms with E-state index in [4.69, 9.17) is 9.47 Å². The Kier molecular flexibility index (Phi) is 4.00. The molecule has 2 aromatic carbocycles. The molecule has 3 rings (SSSR count). The minimum Gasteiger partial charge on any atom is -0.486 e. The van der Waals surface area contributed by atoms with E-state index in [-0.39, 0.29) is 5.91 Å². The molecule has 1 heterocycles. The van der Waals surface area contributed by atoms with Gasteiger partial charge in [0.25, 0.3) is 5.91 Å². The van der Waals surface area contributed by atoms with E-state index in [0.29, 0.717) is 19.8 Å². The average Bonchev–Trinajstić information content (AvgIpc) is 2.54. The normalized spacial score (nSPS) is 12.8. The molecule has 1 aliphatic rings. The van der Waals surface area contributed by atoms with Crippen LogP contribution in [0.15, 0.2) is 42.5 Å². The van der Waals surface area contributed by atoms with Crippen molar-refractivity contribution < 1.29 is 14.3 Å². The van der Waals surface area contributed by atoms with Gasteiger partial charge in [0.2, 0.25) is 0 Å². The zero-order valence-electron chi connectivity index (χ0n) is 12.8. The van der Waals surface area contributed by atoms with E-state index in [1.165, 1.54) is 0 Å². The lowest BCUT2D eigenvalue weighted by molar-refractivity contribution is 0.0784. The van der Waals surface area contributed by atoms with Gasteiger partial charge < -0.3 is 14.4 Å². The quantitative estimate of drug-likeness (QED) is 0.874. The number of carbonyl (C=O) groups excluding carboxylic acids is 1. The fourth-order valence-electron chi connectivity index (χ4n) is 2.55. The second kappa shape index (κ2) is 6.10. The van der Waals surface area contributed by atoms with Gasteiger partial charge in [-0.15, -0.1) is 0 Å². The Bertz CT molecular complexity index is 696. The van der Waals surface area contributed by atoms with Crippen LogP contribution in [0.5, 0.6) is 11.5 Å². The van der Waals surface area contributed by atoms with Crippen LogP contribution in [0.3, 0.4) is 0 Å². The summed E-state index contributed by atoms with van der Waals surface area (Å²) in [6, 6.07) is 13.4. The third kappa shape index (κ3) is 2.91. The fourth-order valence-corrected chi connectivity index (χ4v) is 2.55. The first kappa shape index (κ1) is 14.4.